The summed E-state index contributed by atoms with van der Waals surface area (Å²) in [4.78, 5) is 41.8. The first-order chi connectivity index (χ1) is 14.3. The van der Waals surface area contributed by atoms with Gasteiger partial charge in [-0.25, -0.2) is 4.98 Å². The van der Waals surface area contributed by atoms with Crippen LogP contribution in [-0.4, -0.2) is 26.4 Å². The van der Waals surface area contributed by atoms with Gasteiger partial charge < -0.3 is 5.11 Å². The van der Waals surface area contributed by atoms with Gasteiger partial charge in [-0.2, -0.15) is 0 Å². The quantitative estimate of drug-likeness (QED) is 0.560. The van der Waals surface area contributed by atoms with Gasteiger partial charge in [-0.05, 0) is 31.4 Å². The van der Waals surface area contributed by atoms with E-state index in [4.69, 9.17) is 11.6 Å². The summed E-state index contributed by atoms with van der Waals surface area (Å²) >= 11 is 5.95. The Hall–Kier alpha value is -2.47. The van der Waals surface area contributed by atoms with E-state index in [1.54, 1.807) is 12.1 Å². The number of aromatic nitrogens is 2. The number of hydrogen-bond donors (Lipinski definition) is 1. The zero-order valence-electron chi connectivity index (χ0n) is 17.2. The van der Waals surface area contributed by atoms with E-state index in [-0.39, 0.29) is 24.3 Å². The zero-order chi connectivity index (χ0) is 21.7. The van der Waals surface area contributed by atoms with Crippen molar-refractivity contribution in [3.8, 4) is 11.3 Å². The number of carbonyl (C=O) groups excluding carboxylic acids is 1. The third-order valence-electron chi connectivity index (χ3n) is 5.87. The first-order valence-corrected chi connectivity index (χ1v) is 10.8. The molecule has 30 heavy (non-hydrogen) atoms. The molecule has 0 unspecified atom stereocenters. The number of carboxylic acids is 1. The summed E-state index contributed by atoms with van der Waals surface area (Å²) in [5.74, 6) is -0.599. The molecule has 2 aromatic rings. The van der Waals surface area contributed by atoms with Gasteiger partial charge in [0, 0.05) is 29.5 Å². The van der Waals surface area contributed by atoms with E-state index in [0.29, 0.717) is 35.8 Å². The molecule has 0 amide bonds. The van der Waals surface area contributed by atoms with Crippen LogP contribution in [-0.2, 0) is 22.6 Å². The molecule has 160 valence electrons. The molecule has 0 spiro atoms. The first-order valence-electron chi connectivity index (χ1n) is 10.5. The number of aliphatic carboxylic acids is 1. The molecule has 0 bridgehead atoms. The van der Waals surface area contributed by atoms with Crippen LogP contribution in [0.2, 0.25) is 5.02 Å². The van der Waals surface area contributed by atoms with Crippen LogP contribution in [0.3, 0.4) is 0 Å². The Bertz CT molecular complexity index is 978. The molecule has 0 atom stereocenters. The van der Waals surface area contributed by atoms with Gasteiger partial charge in [0.25, 0.3) is 5.56 Å². The summed E-state index contributed by atoms with van der Waals surface area (Å²) in [6.07, 6.45) is 5.28. The third kappa shape index (κ3) is 4.98. The Kier molecular flexibility index (Phi) is 7.08. The molecule has 1 saturated carbocycles. The van der Waals surface area contributed by atoms with E-state index in [9.17, 15) is 19.5 Å². The highest BCUT2D eigenvalue weighted by Gasteiger charge is 2.45. The summed E-state index contributed by atoms with van der Waals surface area (Å²) in [7, 11) is 0. The minimum atomic E-state index is -0.959. The second kappa shape index (κ2) is 9.56. The summed E-state index contributed by atoms with van der Waals surface area (Å²) in [5.41, 5.74) is 0.0754. The second-order valence-electron chi connectivity index (χ2n) is 8.10. The number of carboxylic acid groups (broad SMARTS) is 1. The Labute approximate surface area is 180 Å². The third-order valence-corrected chi connectivity index (χ3v) is 6.12. The molecular formula is C23H27ClN2O4. The number of ketones is 1. The maximum Gasteiger partial charge on any atom is 0.310 e. The van der Waals surface area contributed by atoms with Gasteiger partial charge in [0.2, 0.25) is 0 Å². The number of rotatable bonds is 10. The number of Topliss-reactive ketones (excluding diaryl/α,β-unsaturated/α-hetero) is 1. The second-order valence-corrected chi connectivity index (χ2v) is 8.54. The summed E-state index contributed by atoms with van der Waals surface area (Å²) in [5, 5.41) is 10.1. The minimum Gasteiger partial charge on any atom is -0.481 e. The Morgan fingerprint density at radius 1 is 1.20 bits per heavy atom. The molecule has 0 aliphatic heterocycles. The van der Waals surface area contributed by atoms with E-state index in [0.717, 1.165) is 31.2 Å². The lowest BCUT2D eigenvalue weighted by molar-refractivity contribution is -0.157. The maximum absolute atomic E-state index is 12.9. The molecule has 7 heteroatoms. The van der Waals surface area contributed by atoms with Crippen LogP contribution in [0.1, 0.15) is 57.7 Å². The fraction of sp³-hybridized carbons (Fsp3) is 0.478. The molecule has 1 aliphatic rings. The Morgan fingerprint density at radius 2 is 1.90 bits per heavy atom. The van der Waals surface area contributed by atoms with E-state index >= 15 is 0 Å². The molecule has 6 nitrogen and oxygen atoms in total. The van der Waals surface area contributed by atoms with E-state index < -0.39 is 11.4 Å². The lowest BCUT2D eigenvalue weighted by Gasteiger charge is -2.37. The van der Waals surface area contributed by atoms with Crippen molar-refractivity contribution in [3.63, 3.8) is 0 Å². The number of halogens is 1. The van der Waals surface area contributed by atoms with Gasteiger partial charge in [-0.1, -0.05) is 49.9 Å². The predicted molar refractivity (Wildman–Crippen MR) is 116 cm³/mol. The lowest BCUT2D eigenvalue weighted by Crippen LogP contribution is -2.41. The van der Waals surface area contributed by atoms with Crippen LogP contribution >= 0.6 is 11.6 Å². The van der Waals surface area contributed by atoms with Crippen LogP contribution in [0.5, 0.6) is 0 Å². The predicted octanol–water partition coefficient (Wildman–Crippen LogP) is 4.51. The molecule has 1 heterocycles. The van der Waals surface area contributed by atoms with Crippen molar-refractivity contribution >= 4 is 23.4 Å². The molecule has 0 saturated heterocycles. The number of carbonyl (C=O) groups is 2. The van der Waals surface area contributed by atoms with E-state index in [2.05, 4.69) is 11.9 Å². The highest BCUT2D eigenvalue weighted by Crippen LogP contribution is 2.44. The fourth-order valence-electron chi connectivity index (χ4n) is 3.89. The molecule has 1 fully saturated rings. The molecule has 0 radical (unpaired) electrons. The van der Waals surface area contributed by atoms with Crippen molar-refractivity contribution < 1.29 is 14.7 Å². The van der Waals surface area contributed by atoms with Crippen molar-refractivity contribution in [2.45, 2.75) is 64.8 Å². The molecule has 1 aliphatic carbocycles. The summed E-state index contributed by atoms with van der Waals surface area (Å²) in [6.45, 7) is 1.96. The van der Waals surface area contributed by atoms with Crippen LogP contribution in [0.15, 0.2) is 35.1 Å². The Morgan fingerprint density at radius 3 is 2.47 bits per heavy atom. The van der Waals surface area contributed by atoms with Crippen LogP contribution in [0, 0.1) is 5.41 Å². The molecule has 1 aromatic carbocycles. The van der Waals surface area contributed by atoms with Crippen molar-refractivity contribution in [1.29, 1.82) is 0 Å². The smallest absolute Gasteiger partial charge is 0.310 e. The highest BCUT2D eigenvalue weighted by atomic mass is 35.5. The number of unbranched alkanes of at least 4 members (excludes halogenated alkanes) is 2. The number of aryl methyl sites for hydroxylation is 1. The molecule has 1 aromatic heterocycles. The summed E-state index contributed by atoms with van der Waals surface area (Å²) in [6, 6.07) is 8.53. The van der Waals surface area contributed by atoms with Crippen molar-refractivity contribution in [2.24, 2.45) is 5.41 Å². The van der Waals surface area contributed by atoms with Gasteiger partial charge in [0.15, 0.2) is 5.78 Å². The van der Waals surface area contributed by atoms with Gasteiger partial charge in [-0.3, -0.25) is 19.0 Å². The summed E-state index contributed by atoms with van der Waals surface area (Å²) < 4.78 is 1.41. The minimum absolute atomic E-state index is 0.0396. The normalized spacial score (nSPS) is 14.9. The SMILES string of the molecule is CCCCCc1nc(-c2ccc(Cl)cc2)cc(=O)n1CC(=O)CC1(C(=O)O)CCC1. The zero-order valence-corrected chi connectivity index (χ0v) is 18.0. The van der Waals surface area contributed by atoms with Gasteiger partial charge >= 0.3 is 5.97 Å². The average Bonchev–Trinajstić information content (AvgIpc) is 2.67. The average molecular weight is 431 g/mol. The van der Waals surface area contributed by atoms with Crippen LogP contribution < -0.4 is 5.56 Å². The molecule has 1 N–H and O–H groups in total. The van der Waals surface area contributed by atoms with Gasteiger partial charge in [0.1, 0.15) is 5.82 Å². The Balaban J connectivity index is 1.88. The standard InChI is InChI=1S/C23H27ClN2O4/c1-2-3-4-6-20-25-19(16-7-9-17(24)10-8-16)13-21(28)26(20)15-18(27)14-23(22(29)30)11-5-12-23/h7-10,13H,2-6,11-12,14-15H2,1H3,(H,29,30). The number of benzene rings is 1. The van der Waals surface area contributed by atoms with Crippen molar-refractivity contribution in [2.75, 3.05) is 0 Å². The first kappa shape index (κ1) is 22.2. The topological polar surface area (TPSA) is 89.3 Å². The largest absolute Gasteiger partial charge is 0.481 e. The van der Waals surface area contributed by atoms with Crippen molar-refractivity contribution in [1.82, 2.24) is 9.55 Å². The number of hydrogen-bond acceptors (Lipinski definition) is 4. The van der Waals surface area contributed by atoms with E-state index in [1.807, 2.05) is 12.1 Å². The maximum atomic E-state index is 12.9. The van der Waals surface area contributed by atoms with Crippen molar-refractivity contribution in [3.05, 3.63) is 51.5 Å². The van der Waals surface area contributed by atoms with Gasteiger partial charge in [-0.15, -0.1) is 0 Å². The highest BCUT2D eigenvalue weighted by molar-refractivity contribution is 6.30. The molecular weight excluding hydrogens is 404 g/mol. The van der Waals surface area contributed by atoms with Gasteiger partial charge in [0.05, 0.1) is 17.7 Å². The molecule has 3 rings (SSSR count). The lowest BCUT2D eigenvalue weighted by atomic mass is 9.66. The fourth-order valence-corrected chi connectivity index (χ4v) is 4.02. The number of nitrogens with zero attached hydrogens (tertiary/aromatic N) is 2. The van der Waals surface area contributed by atoms with Crippen LogP contribution in [0.4, 0.5) is 0 Å². The van der Waals surface area contributed by atoms with Crippen LogP contribution in [0.25, 0.3) is 11.3 Å². The monoisotopic (exact) mass is 430 g/mol. The van der Waals surface area contributed by atoms with E-state index in [1.165, 1.54) is 10.6 Å².